The molecule has 0 saturated carbocycles. The first kappa shape index (κ1) is 22.0. The summed E-state index contributed by atoms with van der Waals surface area (Å²) >= 11 is 0. The van der Waals surface area contributed by atoms with Crippen molar-refractivity contribution in [3.8, 4) is 5.82 Å². The van der Waals surface area contributed by atoms with Gasteiger partial charge in [0.1, 0.15) is 0 Å². The molecule has 2 aromatic carbocycles. The van der Waals surface area contributed by atoms with Crippen LogP contribution < -0.4 is 16.0 Å². The van der Waals surface area contributed by atoms with Crippen LogP contribution in [-0.4, -0.2) is 26.0 Å². The quantitative estimate of drug-likeness (QED) is 0.375. The van der Waals surface area contributed by atoms with Gasteiger partial charge in [0.25, 0.3) is 0 Å². The third kappa shape index (κ3) is 5.01. The molecule has 2 amide bonds. The molecular weight excluding hydrogens is 414 g/mol. The summed E-state index contributed by atoms with van der Waals surface area (Å²) in [6.45, 7) is 10.1. The molecular formula is C25H27N7O. The number of urea groups is 1. The lowest BCUT2D eigenvalue weighted by atomic mass is 10.1. The zero-order valence-corrected chi connectivity index (χ0v) is 19.4. The minimum atomic E-state index is -0.292. The SMILES string of the molecule is Cc1ccc(NC(=O)Nc2ccc(Nc3ccc(-n4nc(C)c(C)c4C)nn3)cc2)cc1C. The average molecular weight is 442 g/mol. The molecule has 33 heavy (non-hydrogen) atoms. The fourth-order valence-corrected chi connectivity index (χ4v) is 3.35. The number of carbonyl (C=O) groups is 1. The van der Waals surface area contributed by atoms with Crippen LogP contribution >= 0.6 is 0 Å². The van der Waals surface area contributed by atoms with Gasteiger partial charge < -0.3 is 16.0 Å². The van der Waals surface area contributed by atoms with E-state index in [0.29, 0.717) is 17.3 Å². The average Bonchev–Trinajstić information content (AvgIpc) is 3.05. The predicted molar refractivity (Wildman–Crippen MR) is 132 cm³/mol. The molecule has 0 atom stereocenters. The van der Waals surface area contributed by atoms with Gasteiger partial charge in [0.2, 0.25) is 0 Å². The largest absolute Gasteiger partial charge is 0.339 e. The zero-order chi connectivity index (χ0) is 23.5. The highest BCUT2D eigenvalue weighted by Crippen LogP contribution is 2.20. The number of rotatable bonds is 5. The van der Waals surface area contributed by atoms with Crippen LogP contribution in [0.1, 0.15) is 28.1 Å². The minimum Gasteiger partial charge on any atom is -0.339 e. The van der Waals surface area contributed by atoms with Crippen LogP contribution in [0.25, 0.3) is 5.82 Å². The third-order valence-electron chi connectivity index (χ3n) is 5.70. The molecule has 8 nitrogen and oxygen atoms in total. The lowest BCUT2D eigenvalue weighted by Crippen LogP contribution is -2.19. The van der Waals surface area contributed by atoms with Gasteiger partial charge in [-0.1, -0.05) is 6.07 Å². The van der Waals surface area contributed by atoms with E-state index in [1.165, 1.54) is 5.56 Å². The summed E-state index contributed by atoms with van der Waals surface area (Å²) in [6, 6.07) is 16.6. The van der Waals surface area contributed by atoms with Gasteiger partial charge in [-0.15, -0.1) is 10.2 Å². The van der Waals surface area contributed by atoms with E-state index < -0.39 is 0 Å². The minimum absolute atomic E-state index is 0.292. The molecule has 0 bridgehead atoms. The Bertz CT molecular complexity index is 1290. The van der Waals surface area contributed by atoms with Gasteiger partial charge in [0.15, 0.2) is 11.6 Å². The first-order valence-electron chi connectivity index (χ1n) is 10.7. The van der Waals surface area contributed by atoms with E-state index in [2.05, 4.69) is 31.2 Å². The van der Waals surface area contributed by atoms with Crippen molar-refractivity contribution in [3.63, 3.8) is 0 Å². The second-order valence-electron chi connectivity index (χ2n) is 8.06. The van der Waals surface area contributed by atoms with Crippen LogP contribution in [0.15, 0.2) is 54.6 Å². The number of amides is 2. The van der Waals surface area contributed by atoms with Crippen LogP contribution in [0.2, 0.25) is 0 Å². The fraction of sp³-hybridized carbons (Fsp3) is 0.200. The second-order valence-corrected chi connectivity index (χ2v) is 8.06. The van der Waals surface area contributed by atoms with Gasteiger partial charge in [-0.2, -0.15) is 5.10 Å². The van der Waals surface area contributed by atoms with E-state index in [1.54, 1.807) is 4.68 Å². The number of carbonyl (C=O) groups excluding carboxylic acids is 1. The molecule has 2 aromatic heterocycles. The number of aryl methyl sites for hydroxylation is 3. The van der Waals surface area contributed by atoms with Crippen molar-refractivity contribution >= 4 is 28.9 Å². The normalized spacial score (nSPS) is 10.7. The number of nitrogens with zero attached hydrogens (tertiary/aromatic N) is 4. The molecule has 4 aromatic rings. The second kappa shape index (κ2) is 9.12. The highest BCUT2D eigenvalue weighted by Gasteiger charge is 2.10. The zero-order valence-electron chi connectivity index (χ0n) is 19.4. The molecule has 8 heteroatoms. The van der Waals surface area contributed by atoms with Crippen LogP contribution in [0, 0.1) is 34.6 Å². The van der Waals surface area contributed by atoms with E-state index in [9.17, 15) is 4.79 Å². The molecule has 0 unspecified atom stereocenters. The number of benzene rings is 2. The van der Waals surface area contributed by atoms with Crippen LogP contribution in [0.5, 0.6) is 0 Å². The number of hydrogen-bond donors (Lipinski definition) is 3. The van der Waals surface area contributed by atoms with Crippen molar-refractivity contribution < 1.29 is 4.79 Å². The number of hydrogen-bond acceptors (Lipinski definition) is 5. The van der Waals surface area contributed by atoms with Crippen molar-refractivity contribution in [1.29, 1.82) is 0 Å². The van der Waals surface area contributed by atoms with E-state index >= 15 is 0 Å². The number of anilines is 4. The lowest BCUT2D eigenvalue weighted by molar-refractivity contribution is 0.262. The highest BCUT2D eigenvalue weighted by molar-refractivity contribution is 5.99. The monoisotopic (exact) mass is 441 g/mol. The molecule has 0 aliphatic carbocycles. The topological polar surface area (TPSA) is 96.8 Å². The van der Waals surface area contributed by atoms with Crippen molar-refractivity contribution in [2.45, 2.75) is 34.6 Å². The first-order valence-corrected chi connectivity index (χ1v) is 10.7. The smallest absolute Gasteiger partial charge is 0.323 e. The molecule has 0 aliphatic heterocycles. The maximum absolute atomic E-state index is 12.3. The summed E-state index contributed by atoms with van der Waals surface area (Å²) in [5, 5.41) is 22.0. The van der Waals surface area contributed by atoms with Crippen molar-refractivity contribution in [3.05, 3.63) is 82.7 Å². The molecule has 4 rings (SSSR count). The Hall–Kier alpha value is -4.20. The summed E-state index contributed by atoms with van der Waals surface area (Å²) in [5.74, 6) is 1.29. The summed E-state index contributed by atoms with van der Waals surface area (Å²) in [4.78, 5) is 12.3. The van der Waals surface area contributed by atoms with Gasteiger partial charge in [-0.25, -0.2) is 9.48 Å². The summed E-state index contributed by atoms with van der Waals surface area (Å²) in [6.07, 6.45) is 0. The Morgan fingerprint density at radius 2 is 1.42 bits per heavy atom. The van der Waals surface area contributed by atoms with E-state index in [0.717, 1.165) is 33.9 Å². The molecule has 0 radical (unpaired) electrons. The van der Waals surface area contributed by atoms with Crippen molar-refractivity contribution in [2.75, 3.05) is 16.0 Å². The maximum Gasteiger partial charge on any atom is 0.323 e. The molecule has 0 aliphatic rings. The molecule has 0 fully saturated rings. The van der Waals surface area contributed by atoms with Crippen LogP contribution in [0.3, 0.4) is 0 Å². The molecule has 168 valence electrons. The van der Waals surface area contributed by atoms with Crippen LogP contribution in [0.4, 0.5) is 27.7 Å². The Kier molecular flexibility index (Phi) is 6.08. The highest BCUT2D eigenvalue weighted by atomic mass is 16.2. The van der Waals surface area contributed by atoms with Gasteiger partial charge >= 0.3 is 6.03 Å². The predicted octanol–water partition coefficient (Wildman–Crippen LogP) is 5.59. The first-order chi connectivity index (χ1) is 15.8. The lowest BCUT2D eigenvalue weighted by Gasteiger charge is -2.10. The fourth-order valence-electron chi connectivity index (χ4n) is 3.35. The summed E-state index contributed by atoms with van der Waals surface area (Å²) < 4.78 is 1.80. The number of aromatic nitrogens is 4. The standard InChI is InChI=1S/C25H27N7O/c1-15-6-7-22(14-16(15)2)28-25(33)27-21-10-8-20(9-11-21)26-23-12-13-24(30-29-23)32-19(5)17(3)18(4)31-32/h6-14H,1-5H3,(H,26,29)(H2,27,28,33). The van der Waals surface area contributed by atoms with Gasteiger partial charge in [0.05, 0.1) is 5.69 Å². The van der Waals surface area contributed by atoms with E-state index in [4.69, 9.17) is 0 Å². The summed E-state index contributed by atoms with van der Waals surface area (Å²) in [5.41, 5.74) is 7.76. The third-order valence-corrected chi connectivity index (χ3v) is 5.70. The molecule has 0 spiro atoms. The Labute approximate surface area is 193 Å². The molecule has 0 saturated heterocycles. The van der Waals surface area contributed by atoms with Crippen LogP contribution in [-0.2, 0) is 0 Å². The number of nitrogens with one attached hydrogen (secondary N) is 3. The van der Waals surface area contributed by atoms with E-state index in [1.807, 2.05) is 89.2 Å². The Morgan fingerprint density at radius 3 is 2.03 bits per heavy atom. The van der Waals surface area contributed by atoms with Gasteiger partial charge in [-0.05, 0) is 99.8 Å². The van der Waals surface area contributed by atoms with Crippen molar-refractivity contribution in [2.24, 2.45) is 0 Å². The van der Waals surface area contributed by atoms with Gasteiger partial charge in [0, 0.05) is 22.8 Å². The summed E-state index contributed by atoms with van der Waals surface area (Å²) in [7, 11) is 0. The van der Waals surface area contributed by atoms with Gasteiger partial charge in [-0.3, -0.25) is 0 Å². The molecule has 2 heterocycles. The van der Waals surface area contributed by atoms with Crippen molar-refractivity contribution in [1.82, 2.24) is 20.0 Å². The van der Waals surface area contributed by atoms with E-state index in [-0.39, 0.29) is 6.03 Å². The Morgan fingerprint density at radius 1 is 0.758 bits per heavy atom. The molecule has 3 N–H and O–H groups in total. The maximum atomic E-state index is 12.3. The Balaban J connectivity index is 1.36.